The quantitative estimate of drug-likeness (QED) is 0.759. The van der Waals surface area contributed by atoms with Crippen molar-refractivity contribution in [3.8, 4) is 11.5 Å². The number of rotatable bonds is 8. The van der Waals surface area contributed by atoms with Crippen molar-refractivity contribution in [2.45, 2.75) is 18.8 Å². The average Bonchev–Trinajstić information content (AvgIpc) is 2.68. The van der Waals surface area contributed by atoms with Crippen molar-refractivity contribution in [2.24, 2.45) is 0 Å². The standard InChI is InChI=1S/C20H23NO5/c1-4-20(19(23)24,14-9-6-5-7-10-14)13-21-18(22)17-15(25-2)11-8-12-16(17)26-3/h5-12H,4,13H2,1-3H3,(H,21,22)(H,23,24). The van der Waals surface area contributed by atoms with Gasteiger partial charge in [0.2, 0.25) is 0 Å². The molecule has 2 N–H and O–H groups in total. The zero-order valence-corrected chi connectivity index (χ0v) is 15.1. The topological polar surface area (TPSA) is 84.9 Å². The Morgan fingerprint density at radius 3 is 2.04 bits per heavy atom. The first-order valence-electron chi connectivity index (χ1n) is 8.28. The van der Waals surface area contributed by atoms with Crippen LogP contribution in [0, 0.1) is 0 Å². The summed E-state index contributed by atoms with van der Waals surface area (Å²) in [6, 6.07) is 13.9. The molecule has 0 saturated heterocycles. The van der Waals surface area contributed by atoms with Crippen LogP contribution >= 0.6 is 0 Å². The van der Waals surface area contributed by atoms with Gasteiger partial charge in [0.25, 0.3) is 5.91 Å². The van der Waals surface area contributed by atoms with Gasteiger partial charge >= 0.3 is 5.97 Å². The predicted molar refractivity (Wildman–Crippen MR) is 97.9 cm³/mol. The normalized spacial score (nSPS) is 12.7. The van der Waals surface area contributed by atoms with Crippen molar-refractivity contribution < 1.29 is 24.2 Å². The van der Waals surface area contributed by atoms with E-state index in [9.17, 15) is 14.7 Å². The predicted octanol–water partition coefficient (Wildman–Crippen LogP) is 2.87. The van der Waals surface area contributed by atoms with E-state index in [0.29, 0.717) is 23.5 Å². The molecule has 2 aromatic rings. The molecular weight excluding hydrogens is 334 g/mol. The van der Waals surface area contributed by atoms with Crippen LogP contribution in [0.15, 0.2) is 48.5 Å². The molecule has 1 amide bonds. The molecule has 26 heavy (non-hydrogen) atoms. The maximum Gasteiger partial charge on any atom is 0.315 e. The second-order valence-corrected chi connectivity index (χ2v) is 5.83. The van der Waals surface area contributed by atoms with E-state index in [-0.39, 0.29) is 12.1 Å². The molecular formula is C20H23NO5. The van der Waals surface area contributed by atoms with Gasteiger partial charge in [-0.15, -0.1) is 0 Å². The van der Waals surface area contributed by atoms with Crippen molar-refractivity contribution in [1.82, 2.24) is 5.32 Å². The molecule has 0 bridgehead atoms. The molecule has 0 aromatic heterocycles. The van der Waals surface area contributed by atoms with Crippen LogP contribution in [-0.4, -0.2) is 37.7 Å². The first-order chi connectivity index (χ1) is 12.5. The molecule has 0 heterocycles. The fraction of sp³-hybridized carbons (Fsp3) is 0.300. The summed E-state index contributed by atoms with van der Waals surface area (Å²) in [7, 11) is 2.92. The number of hydrogen-bond donors (Lipinski definition) is 2. The average molecular weight is 357 g/mol. The third-order valence-corrected chi connectivity index (χ3v) is 4.54. The number of carboxylic acid groups (broad SMARTS) is 1. The SMILES string of the molecule is CCC(CNC(=O)c1c(OC)cccc1OC)(C(=O)O)c1ccccc1. The number of amides is 1. The Morgan fingerprint density at radius 1 is 1.00 bits per heavy atom. The van der Waals surface area contributed by atoms with Crippen molar-refractivity contribution in [3.63, 3.8) is 0 Å². The minimum absolute atomic E-state index is 0.0527. The number of carbonyl (C=O) groups is 2. The van der Waals surface area contributed by atoms with Gasteiger partial charge in [0, 0.05) is 6.54 Å². The Kier molecular flexibility index (Phi) is 6.22. The molecule has 0 spiro atoms. The van der Waals surface area contributed by atoms with Gasteiger partial charge in [-0.2, -0.15) is 0 Å². The van der Waals surface area contributed by atoms with Gasteiger partial charge in [0.05, 0.1) is 14.2 Å². The zero-order valence-electron chi connectivity index (χ0n) is 15.1. The van der Waals surface area contributed by atoms with E-state index in [1.54, 1.807) is 49.4 Å². The van der Waals surface area contributed by atoms with Crippen LogP contribution in [-0.2, 0) is 10.2 Å². The number of carbonyl (C=O) groups excluding carboxylic acids is 1. The number of carboxylic acids is 1. The van der Waals surface area contributed by atoms with E-state index >= 15 is 0 Å². The summed E-state index contributed by atoms with van der Waals surface area (Å²) in [4.78, 5) is 24.8. The highest BCUT2D eigenvalue weighted by Crippen LogP contribution is 2.30. The number of nitrogens with one attached hydrogen (secondary N) is 1. The summed E-state index contributed by atoms with van der Waals surface area (Å²) in [6.45, 7) is 1.74. The Hall–Kier alpha value is -3.02. The van der Waals surface area contributed by atoms with E-state index in [0.717, 1.165) is 0 Å². The fourth-order valence-electron chi connectivity index (χ4n) is 2.93. The van der Waals surface area contributed by atoms with Crippen LogP contribution in [0.4, 0.5) is 0 Å². The molecule has 0 aliphatic carbocycles. The molecule has 0 aliphatic rings. The lowest BCUT2D eigenvalue weighted by molar-refractivity contribution is -0.143. The summed E-state index contributed by atoms with van der Waals surface area (Å²) in [6.07, 6.45) is 0.329. The summed E-state index contributed by atoms with van der Waals surface area (Å²) in [5.41, 5.74) is -0.338. The van der Waals surface area contributed by atoms with Crippen molar-refractivity contribution in [3.05, 3.63) is 59.7 Å². The second-order valence-electron chi connectivity index (χ2n) is 5.83. The lowest BCUT2D eigenvalue weighted by Crippen LogP contribution is -2.46. The molecule has 6 heteroatoms. The molecule has 0 fully saturated rings. The molecule has 138 valence electrons. The highest BCUT2D eigenvalue weighted by molar-refractivity contribution is 6.00. The van der Waals surface area contributed by atoms with Gasteiger partial charge in [-0.25, -0.2) is 0 Å². The monoisotopic (exact) mass is 357 g/mol. The highest BCUT2D eigenvalue weighted by Gasteiger charge is 2.39. The molecule has 1 unspecified atom stereocenters. The van der Waals surface area contributed by atoms with Crippen LogP contribution in [0.5, 0.6) is 11.5 Å². The molecule has 0 aliphatic heterocycles. The van der Waals surface area contributed by atoms with E-state index in [2.05, 4.69) is 5.32 Å². The molecule has 2 aromatic carbocycles. The van der Waals surface area contributed by atoms with Gasteiger partial charge < -0.3 is 19.9 Å². The Bertz CT molecular complexity index is 753. The number of benzene rings is 2. The van der Waals surface area contributed by atoms with Crippen LogP contribution in [0.1, 0.15) is 29.3 Å². The third kappa shape index (κ3) is 3.64. The van der Waals surface area contributed by atoms with Crippen molar-refractivity contribution in [2.75, 3.05) is 20.8 Å². The van der Waals surface area contributed by atoms with E-state index < -0.39 is 17.3 Å². The smallest absolute Gasteiger partial charge is 0.315 e. The third-order valence-electron chi connectivity index (χ3n) is 4.54. The molecule has 1 atom stereocenters. The first-order valence-corrected chi connectivity index (χ1v) is 8.28. The van der Waals surface area contributed by atoms with Crippen LogP contribution in [0.2, 0.25) is 0 Å². The molecule has 0 saturated carbocycles. The van der Waals surface area contributed by atoms with Gasteiger partial charge in [-0.3, -0.25) is 9.59 Å². The van der Waals surface area contributed by atoms with Crippen molar-refractivity contribution >= 4 is 11.9 Å². The highest BCUT2D eigenvalue weighted by atomic mass is 16.5. The Balaban J connectivity index is 2.33. The summed E-state index contributed by atoms with van der Waals surface area (Å²) < 4.78 is 10.5. The van der Waals surface area contributed by atoms with Crippen LogP contribution in [0.3, 0.4) is 0 Å². The Morgan fingerprint density at radius 2 is 1.58 bits per heavy atom. The van der Waals surface area contributed by atoms with E-state index in [4.69, 9.17) is 9.47 Å². The largest absolute Gasteiger partial charge is 0.496 e. The zero-order chi connectivity index (χ0) is 19.2. The number of ether oxygens (including phenoxy) is 2. The van der Waals surface area contributed by atoms with Crippen LogP contribution < -0.4 is 14.8 Å². The van der Waals surface area contributed by atoms with Gasteiger partial charge in [-0.1, -0.05) is 43.3 Å². The van der Waals surface area contributed by atoms with Gasteiger partial charge in [-0.05, 0) is 24.1 Å². The number of hydrogen-bond acceptors (Lipinski definition) is 4. The minimum Gasteiger partial charge on any atom is -0.496 e. The van der Waals surface area contributed by atoms with Gasteiger partial charge in [0.15, 0.2) is 0 Å². The maximum absolute atomic E-state index is 12.8. The van der Waals surface area contributed by atoms with E-state index in [1.165, 1.54) is 14.2 Å². The van der Waals surface area contributed by atoms with Gasteiger partial charge in [0.1, 0.15) is 22.5 Å². The molecule has 6 nitrogen and oxygen atoms in total. The maximum atomic E-state index is 12.8. The number of methoxy groups -OCH3 is 2. The molecule has 2 rings (SSSR count). The van der Waals surface area contributed by atoms with Crippen LogP contribution in [0.25, 0.3) is 0 Å². The summed E-state index contributed by atoms with van der Waals surface area (Å²) in [5, 5.41) is 12.6. The minimum atomic E-state index is -1.22. The fourth-order valence-corrected chi connectivity index (χ4v) is 2.93. The summed E-state index contributed by atoms with van der Waals surface area (Å²) in [5.74, 6) is -0.717. The Labute approximate surface area is 152 Å². The second kappa shape index (κ2) is 8.38. The van der Waals surface area contributed by atoms with E-state index in [1.807, 2.05) is 6.07 Å². The summed E-state index contributed by atoms with van der Waals surface area (Å²) >= 11 is 0. The number of aliphatic carboxylic acids is 1. The van der Waals surface area contributed by atoms with Crippen molar-refractivity contribution in [1.29, 1.82) is 0 Å². The lowest BCUT2D eigenvalue weighted by atomic mass is 9.78. The lowest BCUT2D eigenvalue weighted by Gasteiger charge is -2.29. The first kappa shape index (κ1) is 19.3. The molecule has 0 radical (unpaired) electrons.